The van der Waals surface area contributed by atoms with Crippen molar-refractivity contribution in [3.63, 3.8) is 0 Å². The van der Waals surface area contributed by atoms with Crippen LogP contribution >= 0.6 is 0 Å². The SMILES string of the molecule is O=[N+]([O-])C1=CC=C[N]1. The Morgan fingerprint density at radius 1 is 1.75 bits per heavy atom. The number of rotatable bonds is 1. The third kappa shape index (κ3) is 0.676. The molecule has 1 rings (SSSR count). The van der Waals surface area contributed by atoms with E-state index in [1.807, 2.05) is 0 Å². The van der Waals surface area contributed by atoms with Gasteiger partial charge in [0.15, 0.2) is 0 Å². The highest BCUT2D eigenvalue weighted by molar-refractivity contribution is 5.13. The third-order valence-electron chi connectivity index (χ3n) is 0.725. The maximum atomic E-state index is 9.81. The first-order valence-electron chi connectivity index (χ1n) is 2.03. The topological polar surface area (TPSA) is 57.2 Å². The van der Waals surface area contributed by atoms with Crippen LogP contribution in [0.4, 0.5) is 0 Å². The Bertz CT molecular complexity index is 171. The van der Waals surface area contributed by atoms with Crippen LogP contribution in [0.15, 0.2) is 24.2 Å². The maximum absolute atomic E-state index is 9.81. The Hall–Kier alpha value is -1.32. The smallest absolute Gasteiger partial charge is 0.358 e. The van der Waals surface area contributed by atoms with Gasteiger partial charge in [-0.05, 0) is 16.3 Å². The predicted molar refractivity (Wildman–Crippen MR) is 26.4 cm³/mol. The summed E-state index contributed by atoms with van der Waals surface area (Å²) >= 11 is 0. The van der Waals surface area contributed by atoms with Gasteiger partial charge in [-0.15, -0.1) is 0 Å². The molecule has 0 aromatic rings. The molecule has 0 aliphatic carbocycles. The number of hydrogen-bond donors (Lipinski definition) is 0. The summed E-state index contributed by atoms with van der Waals surface area (Å²) < 4.78 is 0. The van der Waals surface area contributed by atoms with Crippen LogP contribution in [0.5, 0.6) is 0 Å². The molecule has 1 radical (unpaired) electrons. The van der Waals surface area contributed by atoms with E-state index in [2.05, 4.69) is 5.32 Å². The van der Waals surface area contributed by atoms with Gasteiger partial charge in [0.05, 0.1) is 0 Å². The van der Waals surface area contributed by atoms with Crippen LogP contribution in [0.25, 0.3) is 0 Å². The molecule has 0 fully saturated rings. The van der Waals surface area contributed by atoms with Gasteiger partial charge in [0.2, 0.25) is 0 Å². The second kappa shape index (κ2) is 1.65. The van der Waals surface area contributed by atoms with Crippen molar-refractivity contribution in [2.45, 2.75) is 0 Å². The molecule has 4 nitrogen and oxygen atoms in total. The van der Waals surface area contributed by atoms with Crippen LogP contribution < -0.4 is 5.32 Å². The summed E-state index contributed by atoms with van der Waals surface area (Å²) in [5, 5.41) is 13.2. The van der Waals surface area contributed by atoms with Crippen LogP contribution in [0.1, 0.15) is 0 Å². The highest BCUT2D eigenvalue weighted by atomic mass is 16.6. The molecule has 0 bridgehead atoms. The van der Waals surface area contributed by atoms with Crippen molar-refractivity contribution in [1.29, 1.82) is 0 Å². The van der Waals surface area contributed by atoms with Crippen molar-refractivity contribution in [2.24, 2.45) is 0 Å². The Balaban J connectivity index is 2.64. The standard InChI is InChI=1S/C4H3N2O2/c7-6(8)4-2-1-3-5-4/h1-3H. The predicted octanol–water partition coefficient (Wildman–Crippen LogP) is 0.236. The Morgan fingerprint density at radius 3 is 2.75 bits per heavy atom. The van der Waals surface area contributed by atoms with E-state index in [0.29, 0.717) is 0 Å². The molecule has 1 aliphatic rings. The van der Waals surface area contributed by atoms with E-state index in [0.717, 1.165) is 0 Å². The second-order valence-corrected chi connectivity index (χ2v) is 1.25. The minimum Gasteiger partial charge on any atom is -0.358 e. The second-order valence-electron chi connectivity index (χ2n) is 1.25. The first-order chi connectivity index (χ1) is 3.80. The van der Waals surface area contributed by atoms with Gasteiger partial charge >= 0.3 is 5.82 Å². The summed E-state index contributed by atoms with van der Waals surface area (Å²) in [6, 6.07) is 0. The summed E-state index contributed by atoms with van der Waals surface area (Å²) in [6.45, 7) is 0. The summed E-state index contributed by atoms with van der Waals surface area (Å²) in [6.07, 6.45) is 4.26. The van der Waals surface area contributed by atoms with Gasteiger partial charge < -0.3 is 10.1 Å². The van der Waals surface area contributed by atoms with Gasteiger partial charge in [-0.1, -0.05) is 0 Å². The van der Waals surface area contributed by atoms with E-state index < -0.39 is 4.92 Å². The molecule has 1 heterocycles. The van der Waals surface area contributed by atoms with E-state index in [1.165, 1.54) is 18.4 Å². The Labute approximate surface area is 45.7 Å². The van der Waals surface area contributed by atoms with Gasteiger partial charge in [-0.3, -0.25) is 0 Å². The molecule has 4 heteroatoms. The first kappa shape index (κ1) is 4.83. The monoisotopic (exact) mass is 111 g/mol. The molecule has 0 saturated carbocycles. The van der Waals surface area contributed by atoms with E-state index >= 15 is 0 Å². The zero-order valence-corrected chi connectivity index (χ0v) is 3.94. The fraction of sp³-hybridized carbons (Fsp3) is 0. The molecule has 0 aromatic heterocycles. The van der Waals surface area contributed by atoms with Gasteiger partial charge in [0, 0.05) is 6.08 Å². The minimum absolute atomic E-state index is 0.0926. The molecule has 1 aliphatic heterocycles. The summed E-state index contributed by atoms with van der Waals surface area (Å²) in [5.74, 6) is -0.0926. The van der Waals surface area contributed by atoms with Crippen LogP contribution in [0.2, 0.25) is 0 Å². The molecular formula is C4H3N2O2. The molecular weight excluding hydrogens is 108 g/mol. The third-order valence-corrected chi connectivity index (χ3v) is 0.725. The van der Waals surface area contributed by atoms with Crippen LogP contribution in [0.3, 0.4) is 0 Å². The molecule has 0 unspecified atom stereocenters. The van der Waals surface area contributed by atoms with Crippen molar-refractivity contribution in [2.75, 3.05) is 0 Å². The van der Waals surface area contributed by atoms with E-state index in [1.54, 1.807) is 0 Å². The largest absolute Gasteiger partial charge is 0.363 e. The zero-order valence-electron chi connectivity index (χ0n) is 3.94. The van der Waals surface area contributed by atoms with Crippen molar-refractivity contribution in [3.8, 4) is 0 Å². The number of allylic oxidation sites excluding steroid dienone is 2. The quantitative estimate of drug-likeness (QED) is 0.359. The van der Waals surface area contributed by atoms with Crippen molar-refractivity contribution in [3.05, 3.63) is 34.3 Å². The number of nitro groups is 1. The molecule has 0 saturated heterocycles. The van der Waals surface area contributed by atoms with Crippen LogP contribution in [-0.4, -0.2) is 4.92 Å². The molecule has 8 heavy (non-hydrogen) atoms. The molecule has 0 spiro atoms. The van der Waals surface area contributed by atoms with Crippen LogP contribution in [-0.2, 0) is 0 Å². The van der Waals surface area contributed by atoms with Crippen molar-refractivity contribution >= 4 is 0 Å². The molecule has 41 valence electrons. The lowest BCUT2D eigenvalue weighted by Crippen LogP contribution is -2.03. The van der Waals surface area contributed by atoms with Gasteiger partial charge in [-0.25, -0.2) is 0 Å². The minimum atomic E-state index is -0.528. The first-order valence-corrected chi connectivity index (χ1v) is 2.03. The fourth-order valence-electron chi connectivity index (χ4n) is 0.400. The van der Waals surface area contributed by atoms with Gasteiger partial charge in [0.25, 0.3) is 0 Å². The summed E-state index contributed by atoms with van der Waals surface area (Å²) in [7, 11) is 0. The number of hydrogen-bond acceptors (Lipinski definition) is 2. The zero-order chi connectivity index (χ0) is 5.98. The fourth-order valence-corrected chi connectivity index (χ4v) is 0.400. The normalized spacial score (nSPS) is 15.2. The van der Waals surface area contributed by atoms with Gasteiger partial charge in [-0.2, -0.15) is 0 Å². The van der Waals surface area contributed by atoms with E-state index in [9.17, 15) is 10.1 Å². The molecule has 0 atom stereocenters. The number of nitrogens with zero attached hydrogens (tertiary/aromatic N) is 2. The average molecular weight is 111 g/mol. The highest BCUT2D eigenvalue weighted by Crippen LogP contribution is 1.98. The Kier molecular flexibility index (Phi) is 0.997. The van der Waals surface area contributed by atoms with E-state index in [-0.39, 0.29) is 5.82 Å². The van der Waals surface area contributed by atoms with Gasteiger partial charge in [0.1, 0.15) is 6.20 Å². The summed E-state index contributed by atoms with van der Waals surface area (Å²) in [5.41, 5.74) is 0. The lowest BCUT2D eigenvalue weighted by molar-refractivity contribution is -0.430. The maximum Gasteiger partial charge on any atom is 0.363 e. The van der Waals surface area contributed by atoms with Crippen LogP contribution in [0, 0.1) is 10.1 Å². The van der Waals surface area contributed by atoms with Crippen molar-refractivity contribution in [1.82, 2.24) is 5.32 Å². The van der Waals surface area contributed by atoms with E-state index in [4.69, 9.17) is 0 Å². The average Bonchev–Trinajstić information content (AvgIpc) is 2.12. The molecule has 0 N–H and O–H groups in total. The lowest BCUT2D eigenvalue weighted by Gasteiger charge is -1.86. The lowest BCUT2D eigenvalue weighted by atomic mass is 10.6. The van der Waals surface area contributed by atoms with Crippen molar-refractivity contribution < 1.29 is 4.92 Å². The molecule has 0 amide bonds. The summed E-state index contributed by atoms with van der Waals surface area (Å²) in [4.78, 5) is 9.28. The Morgan fingerprint density at radius 2 is 2.50 bits per heavy atom. The molecule has 0 aromatic carbocycles. The highest BCUT2D eigenvalue weighted by Gasteiger charge is 2.11.